The van der Waals surface area contributed by atoms with Gasteiger partial charge in [0.2, 0.25) is 5.91 Å². The molecule has 20 heavy (non-hydrogen) atoms. The van der Waals surface area contributed by atoms with Gasteiger partial charge in [-0.1, -0.05) is 5.21 Å². The molecule has 2 N–H and O–H groups in total. The fourth-order valence-corrected chi connectivity index (χ4v) is 1.20. The summed E-state index contributed by atoms with van der Waals surface area (Å²) >= 11 is 0. The topological polar surface area (TPSA) is 97.1 Å². The number of carbonyl (C=O) groups excluding carboxylic acids is 1. The zero-order valence-corrected chi connectivity index (χ0v) is 9.49. The predicted molar refractivity (Wildman–Crippen MR) is 51.0 cm³/mol. The van der Waals surface area contributed by atoms with Crippen LogP contribution < -0.4 is 5.32 Å². The molecule has 1 amide bonds. The number of hydrogen-bond donors (Lipinski definition) is 2. The number of aromatic nitrogens is 3. The number of hydrogen-bond acceptors (Lipinski definition) is 4. The van der Waals surface area contributed by atoms with Crippen LogP contribution in [0.25, 0.3) is 0 Å². The van der Waals surface area contributed by atoms with Gasteiger partial charge in [-0.15, -0.1) is 5.10 Å². The van der Waals surface area contributed by atoms with E-state index < -0.39 is 49.0 Å². The minimum atomic E-state index is -4.66. The first kappa shape index (κ1) is 15.8. The Morgan fingerprint density at radius 2 is 1.95 bits per heavy atom. The molecule has 0 aliphatic heterocycles. The largest absolute Gasteiger partial charge is 0.476 e. The molecule has 7 nitrogen and oxygen atoms in total. The highest BCUT2D eigenvalue weighted by Crippen LogP contribution is 2.21. The van der Waals surface area contributed by atoms with E-state index in [-0.39, 0.29) is 4.68 Å². The highest BCUT2D eigenvalue weighted by Gasteiger charge is 2.29. The molecule has 0 bridgehead atoms. The van der Waals surface area contributed by atoms with Crippen molar-refractivity contribution in [3.63, 3.8) is 0 Å². The third kappa shape index (κ3) is 4.13. The Labute approximate surface area is 107 Å². The normalized spacial score (nSPS) is 11.7. The third-order valence-corrected chi connectivity index (χ3v) is 1.96. The molecule has 112 valence electrons. The maximum absolute atomic E-state index is 12.6. The van der Waals surface area contributed by atoms with Crippen molar-refractivity contribution >= 4 is 11.9 Å². The van der Waals surface area contributed by atoms with Gasteiger partial charge in [0.25, 0.3) is 6.43 Å². The molecule has 0 aromatic carbocycles. The van der Waals surface area contributed by atoms with Crippen molar-refractivity contribution in [2.75, 3.05) is 6.54 Å². The first-order valence-corrected chi connectivity index (χ1v) is 4.90. The minimum absolute atomic E-state index is 0.236. The molecule has 0 aliphatic carbocycles. The number of halogens is 5. The monoisotopic (exact) mass is 302 g/mol. The maximum Gasteiger partial charge on any atom is 0.405 e. The Balaban J connectivity index is 2.83. The second-order valence-electron chi connectivity index (χ2n) is 3.48. The van der Waals surface area contributed by atoms with E-state index in [0.717, 1.165) is 0 Å². The fourth-order valence-electron chi connectivity index (χ4n) is 1.20. The number of carboxylic acid groups (broad SMARTS) is 1. The summed E-state index contributed by atoms with van der Waals surface area (Å²) in [5.74, 6) is -3.05. The van der Waals surface area contributed by atoms with E-state index in [1.54, 1.807) is 0 Å². The molecule has 1 heterocycles. The Morgan fingerprint density at radius 1 is 1.35 bits per heavy atom. The van der Waals surface area contributed by atoms with Crippen LogP contribution in [0, 0.1) is 0 Å². The molecule has 0 saturated heterocycles. The molecule has 0 radical (unpaired) electrons. The van der Waals surface area contributed by atoms with Crippen molar-refractivity contribution in [1.82, 2.24) is 20.3 Å². The van der Waals surface area contributed by atoms with Crippen LogP contribution in [0.4, 0.5) is 22.0 Å². The average molecular weight is 302 g/mol. The Hall–Kier alpha value is -2.27. The van der Waals surface area contributed by atoms with Gasteiger partial charge in [0.05, 0.1) is 0 Å². The summed E-state index contributed by atoms with van der Waals surface area (Å²) in [7, 11) is 0. The van der Waals surface area contributed by atoms with Crippen LogP contribution in [0.2, 0.25) is 0 Å². The number of amides is 1. The molecule has 0 spiro atoms. The molecule has 0 atom stereocenters. The highest BCUT2D eigenvalue weighted by atomic mass is 19.4. The van der Waals surface area contributed by atoms with E-state index in [4.69, 9.17) is 5.11 Å². The molecule has 0 saturated carbocycles. The summed E-state index contributed by atoms with van der Waals surface area (Å²) < 4.78 is 61.0. The third-order valence-electron chi connectivity index (χ3n) is 1.96. The lowest BCUT2D eigenvalue weighted by Crippen LogP contribution is -2.36. The summed E-state index contributed by atoms with van der Waals surface area (Å²) in [4.78, 5) is 21.7. The fraction of sp³-hybridized carbons (Fsp3) is 0.500. The van der Waals surface area contributed by atoms with Gasteiger partial charge in [-0.25, -0.2) is 18.3 Å². The van der Waals surface area contributed by atoms with E-state index in [0.29, 0.717) is 0 Å². The predicted octanol–water partition coefficient (Wildman–Crippen LogP) is 0.592. The van der Waals surface area contributed by atoms with E-state index in [9.17, 15) is 31.5 Å². The summed E-state index contributed by atoms with van der Waals surface area (Å²) in [6, 6.07) is 0. The van der Waals surface area contributed by atoms with Crippen molar-refractivity contribution in [1.29, 1.82) is 0 Å². The summed E-state index contributed by atoms with van der Waals surface area (Å²) in [5.41, 5.74) is -2.22. The molecular formula is C8H7F5N4O3. The Kier molecular flexibility index (Phi) is 4.57. The minimum Gasteiger partial charge on any atom is -0.476 e. The SMILES string of the molecule is O=C(Cn1nnc(C(=O)O)c1C(F)F)NCC(F)(F)F. The lowest BCUT2D eigenvalue weighted by molar-refractivity contribution is -0.138. The second-order valence-corrected chi connectivity index (χ2v) is 3.48. The Morgan fingerprint density at radius 3 is 2.40 bits per heavy atom. The van der Waals surface area contributed by atoms with Crippen molar-refractivity contribution in [2.24, 2.45) is 0 Å². The van der Waals surface area contributed by atoms with Crippen LogP contribution in [0.5, 0.6) is 0 Å². The molecule has 1 aromatic heterocycles. The highest BCUT2D eigenvalue weighted by molar-refractivity contribution is 5.86. The molecule has 1 aromatic rings. The summed E-state index contributed by atoms with van der Waals surface area (Å²) in [5, 5.41) is 15.9. The molecule has 12 heteroatoms. The van der Waals surface area contributed by atoms with Gasteiger partial charge in [0.15, 0.2) is 5.69 Å². The van der Waals surface area contributed by atoms with E-state index >= 15 is 0 Å². The molecular weight excluding hydrogens is 295 g/mol. The van der Waals surface area contributed by atoms with Crippen molar-refractivity contribution in [3.05, 3.63) is 11.4 Å². The van der Waals surface area contributed by atoms with Crippen LogP contribution in [0.1, 0.15) is 22.6 Å². The summed E-state index contributed by atoms with van der Waals surface area (Å²) in [6.07, 6.45) is -7.96. The van der Waals surface area contributed by atoms with Crippen molar-refractivity contribution in [3.8, 4) is 0 Å². The lowest BCUT2D eigenvalue weighted by atomic mass is 10.3. The average Bonchev–Trinajstić information content (AvgIpc) is 2.69. The van der Waals surface area contributed by atoms with Crippen LogP contribution in [0.15, 0.2) is 0 Å². The van der Waals surface area contributed by atoms with Crippen molar-refractivity contribution in [2.45, 2.75) is 19.1 Å². The Bertz CT molecular complexity index is 513. The number of aromatic carboxylic acids is 1. The zero-order chi connectivity index (χ0) is 15.5. The molecule has 0 unspecified atom stereocenters. The quantitative estimate of drug-likeness (QED) is 0.776. The van der Waals surface area contributed by atoms with E-state index in [1.165, 1.54) is 5.32 Å². The molecule has 0 fully saturated rings. The molecule has 1 rings (SSSR count). The summed E-state index contributed by atoms with van der Waals surface area (Å²) in [6.45, 7) is -2.65. The lowest BCUT2D eigenvalue weighted by Gasteiger charge is -2.09. The van der Waals surface area contributed by atoms with Crippen LogP contribution >= 0.6 is 0 Å². The zero-order valence-electron chi connectivity index (χ0n) is 9.49. The van der Waals surface area contributed by atoms with Crippen molar-refractivity contribution < 1.29 is 36.6 Å². The number of alkyl halides is 5. The van der Waals surface area contributed by atoms with Gasteiger partial charge in [-0.05, 0) is 0 Å². The first-order valence-electron chi connectivity index (χ1n) is 4.90. The smallest absolute Gasteiger partial charge is 0.405 e. The van der Waals surface area contributed by atoms with Crippen LogP contribution in [-0.2, 0) is 11.3 Å². The van der Waals surface area contributed by atoms with Gasteiger partial charge in [-0.2, -0.15) is 13.2 Å². The van der Waals surface area contributed by atoms with Gasteiger partial charge >= 0.3 is 12.1 Å². The molecule has 0 aliphatic rings. The van der Waals surface area contributed by atoms with Gasteiger partial charge in [0.1, 0.15) is 18.8 Å². The first-order chi connectivity index (χ1) is 9.11. The number of carbonyl (C=O) groups is 2. The number of rotatable bonds is 5. The van der Waals surface area contributed by atoms with Gasteiger partial charge < -0.3 is 10.4 Å². The van der Waals surface area contributed by atoms with E-state index in [2.05, 4.69) is 10.3 Å². The number of nitrogens with zero attached hydrogens (tertiary/aromatic N) is 3. The maximum atomic E-state index is 12.6. The van der Waals surface area contributed by atoms with Crippen LogP contribution in [0.3, 0.4) is 0 Å². The standard InChI is InChI=1S/C8H7F5N4O3/c9-6(10)5-4(7(19)20)15-16-17(5)1-3(18)14-2-8(11,12)13/h6H,1-2H2,(H,14,18)(H,19,20). The van der Waals surface area contributed by atoms with E-state index in [1.807, 2.05) is 0 Å². The van der Waals surface area contributed by atoms with Gasteiger partial charge in [0, 0.05) is 0 Å². The van der Waals surface area contributed by atoms with Gasteiger partial charge in [-0.3, -0.25) is 4.79 Å². The van der Waals surface area contributed by atoms with Crippen LogP contribution in [-0.4, -0.2) is 44.7 Å². The number of nitrogens with one attached hydrogen (secondary N) is 1. The number of carboxylic acids is 1. The second kappa shape index (κ2) is 5.79.